The summed E-state index contributed by atoms with van der Waals surface area (Å²) in [6, 6.07) is -0.820. The van der Waals surface area contributed by atoms with Crippen molar-refractivity contribution in [1.82, 2.24) is 5.32 Å². The van der Waals surface area contributed by atoms with Crippen LogP contribution in [0.2, 0.25) is 0 Å². The van der Waals surface area contributed by atoms with Crippen LogP contribution in [-0.2, 0) is 4.79 Å². The van der Waals surface area contributed by atoms with E-state index in [9.17, 15) is 20.1 Å². The molecule has 0 aromatic heterocycles. The van der Waals surface area contributed by atoms with Gasteiger partial charge < -0.3 is 20.6 Å². The second kappa shape index (κ2) is 60.1. The Hall–Kier alpha value is -1.43. The van der Waals surface area contributed by atoms with Crippen molar-refractivity contribution >= 4 is 5.91 Å². The van der Waals surface area contributed by atoms with Gasteiger partial charge in [-0.25, -0.2) is 0 Å². The molecule has 4 N–H and O–H groups in total. The first kappa shape index (κ1) is 68.6. The Morgan fingerprint density at radius 3 is 0.871 bits per heavy atom. The Balaban J connectivity index is 3.47. The number of amides is 1. The number of carbonyl (C=O) groups excluding carboxylic acids is 1. The average Bonchev–Trinajstić information content (AvgIpc) is 3.36. The van der Waals surface area contributed by atoms with Crippen molar-refractivity contribution in [2.24, 2.45) is 0 Å². The Labute approximate surface area is 438 Å². The Morgan fingerprint density at radius 1 is 0.343 bits per heavy atom. The van der Waals surface area contributed by atoms with E-state index in [2.05, 4.69) is 43.5 Å². The zero-order valence-corrected chi connectivity index (χ0v) is 47.4. The molecule has 3 atom stereocenters. The van der Waals surface area contributed by atoms with Gasteiger partial charge in [-0.3, -0.25) is 4.79 Å². The maximum absolute atomic E-state index is 12.6. The number of aliphatic hydroxyl groups excluding tert-OH is 3. The molecule has 0 spiro atoms. The summed E-state index contributed by atoms with van der Waals surface area (Å²) in [5.41, 5.74) is 0. The normalized spacial score (nSPS) is 13.4. The van der Waals surface area contributed by atoms with E-state index < -0.39 is 24.2 Å². The molecule has 0 bridgehead atoms. The van der Waals surface area contributed by atoms with Gasteiger partial charge in [0.05, 0.1) is 18.8 Å². The van der Waals surface area contributed by atoms with Crippen molar-refractivity contribution in [1.29, 1.82) is 0 Å². The Bertz CT molecular complexity index is 1090. The van der Waals surface area contributed by atoms with E-state index in [-0.39, 0.29) is 6.61 Å². The van der Waals surface area contributed by atoms with Crippen LogP contribution in [0.3, 0.4) is 0 Å². The van der Waals surface area contributed by atoms with Gasteiger partial charge in [0.25, 0.3) is 0 Å². The lowest BCUT2D eigenvalue weighted by Crippen LogP contribution is -2.48. The molecular weight excluding hydrogens is 859 g/mol. The van der Waals surface area contributed by atoms with Gasteiger partial charge in [-0.1, -0.05) is 339 Å². The average molecular weight is 985 g/mol. The fraction of sp³-hybridized carbons (Fsp3) is 0.892. The molecule has 0 aliphatic heterocycles. The van der Waals surface area contributed by atoms with Crippen LogP contribution in [0.5, 0.6) is 0 Å². The van der Waals surface area contributed by atoms with Crippen molar-refractivity contribution in [3.63, 3.8) is 0 Å². The number of rotatable bonds is 59. The van der Waals surface area contributed by atoms with Gasteiger partial charge in [0.2, 0.25) is 5.91 Å². The molecule has 0 saturated heterocycles. The summed E-state index contributed by atoms with van der Waals surface area (Å²) in [6.45, 7) is 4.20. The molecule has 1 amide bonds. The lowest BCUT2D eigenvalue weighted by atomic mass is 10.0. The molecule has 0 rings (SSSR count). The third-order valence-corrected chi connectivity index (χ3v) is 15.0. The van der Waals surface area contributed by atoms with Gasteiger partial charge in [-0.2, -0.15) is 0 Å². The van der Waals surface area contributed by atoms with Gasteiger partial charge in [0.1, 0.15) is 6.10 Å². The molecule has 3 unspecified atom stereocenters. The number of hydrogen-bond donors (Lipinski definition) is 4. The molecule has 0 fully saturated rings. The Morgan fingerprint density at radius 2 is 0.586 bits per heavy atom. The predicted octanol–water partition coefficient (Wildman–Crippen LogP) is 20.2. The molecule has 70 heavy (non-hydrogen) atoms. The molecule has 0 saturated carbocycles. The first-order valence-electron chi connectivity index (χ1n) is 31.8. The first-order valence-corrected chi connectivity index (χ1v) is 31.8. The second-order valence-electron chi connectivity index (χ2n) is 22.0. The van der Waals surface area contributed by atoms with Crippen LogP contribution in [0.25, 0.3) is 0 Å². The van der Waals surface area contributed by atoms with E-state index in [1.165, 1.54) is 283 Å². The molecule has 0 radical (unpaired) electrons. The summed E-state index contributed by atoms with van der Waals surface area (Å²) in [5.74, 6) is -0.511. The molecule has 414 valence electrons. The second-order valence-corrected chi connectivity index (χ2v) is 22.0. The van der Waals surface area contributed by atoms with Gasteiger partial charge >= 0.3 is 0 Å². The molecule has 0 aliphatic carbocycles. The van der Waals surface area contributed by atoms with E-state index in [1.54, 1.807) is 6.08 Å². The summed E-state index contributed by atoms with van der Waals surface area (Å²) in [5, 5.41) is 33.4. The largest absolute Gasteiger partial charge is 0.394 e. The van der Waals surface area contributed by atoms with E-state index in [4.69, 9.17) is 0 Å². The van der Waals surface area contributed by atoms with Gasteiger partial charge in [-0.05, 0) is 44.9 Å². The van der Waals surface area contributed by atoms with Crippen molar-refractivity contribution in [2.75, 3.05) is 6.61 Å². The molecule has 0 aromatic carbocycles. The van der Waals surface area contributed by atoms with Crippen LogP contribution >= 0.6 is 0 Å². The van der Waals surface area contributed by atoms with Crippen LogP contribution < -0.4 is 5.32 Å². The fourth-order valence-electron chi connectivity index (χ4n) is 10.0. The van der Waals surface area contributed by atoms with Gasteiger partial charge in [0, 0.05) is 0 Å². The quantitative estimate of drug-likeness (QED) is 0.0361. The van der Waals surface area contributed by atoms with Crippen molar-refractivity contribution in [2.45, 2.75) is 366 Å². The zero-order chi connectivity index (χ0) is 50.7. The van der Waals surface area contributed by atoms with Crippen molar-refractivity contribution in [3.05, 3.63) is 36.5 Å². The minimum absolute atomic E-state index is 0.379. The van der Waals surface area contributed by atoms with E-state index in [1.807, 2.05) is 6.08 Å². The number of nitrogens with one attached hydrogen (secondary N) is 1. The lowest BCUT2D eigenvalue weighted by molar-refractivity contribution is -0.131. The molecule has 5 nitrogen and oxygen atoms in total. The summed E-state index contributed by atoms with van der Waals surface area (Å²) >= 11 is 0. The lowest BCUT2D eigenvalue weighted by Gasteiger charge is -2.21. The third-order valence-electron chi connectivity index (χ3n) is 15.0. The highest BCUT2D eigenvalue weighted by Gasteiger charge is 2.22. The molecular formula is C65H125NO4. The van der Waals surface area contributed by atoms with E-state index in [0.29, 0.717) is 6.42 Å². The first-order chi connectivity index (χ1) is 34.6. The Kier molecular flexibility index (Phi) is 58.9. The van der Waals surface area contributed by atoms with Crippen LogP contribution in [0.4, 0.5) is 0 Å². The third kappa shape index (κ3) is 54.3. The topological polar surface area (TPSA) is 89.8 Å². The maximum Gasteiger partial charge on any atom is 0.249 e. The highest BCUT2D eigenvalue weighted by molar-refractivity contribution is 5.80. The minimum atomic E-state index is -1.11. The fourth-order valence-corrected chi connectivity index (χ4v) is 10.0. The van der Waals surface area contributed by atoms with Crippen LogP contribution in [0, 0.1) is 0 Å². The summed E-state index contributed by atoms with van der Waals surface area (Å²) in [7, 11) is 0. The zero-order valence-electron chi connectivity index (χ0n) is 47.4. The van der Waals surface area contributed by atoms with Crippen molar-refractivity contribution in [3.8, 4) is 0 Å². The number of allylic oxidation sites excluding steroid dienone is 5. The monoisotopic (exact) mass is 984 g/mol. The molecule has 0 heterocycles. The number of hydrogen-bond acceptors (Lipinski definition) is 4. The SMILES string of the molecule is CCCCCCCCCC/C=C/CC/C=C/CC/C=C/C(O)C(CO)NC(=O)C(O)CCCCCCCCCCCCCCCCCCCCCCCCCCCCCCCCCCCCCCCC. The maximum atomic E-state index is 12.6. The summed E-state index contributed by atoms with van der Waals surface area (Å²) in [4.78, 5) is 12.6. The van der Waals surface area contributed by atoms with Crippen LogP contribution in [0.15, 0.2) is 36.5 Å². The minimum Gasteiger partial charge on any atom is -0.394 e. The van der Waals surface area contributed by atoms with Gasteiger partial charge in [-0.15, -0.1) is 0 Å². The molecule has 5 heteroatoms. The highest BCUT2D eigenvalue weighted by atomic mass is 16.3. The molecule has 0 aromatic rings. The smallest absolute Gasteiger partial charge is 0.249 e. The summed E-state index contributed by atoms with van der Waals surface area (Å²) in [6.07, 6.45) is 79.9. The van der Waals surface area contributed by atoms with E-state index >= 15 is 0 Å². The van der Waals surface area contributed by atoms with Crippen molar-refractivity contribution < 1.29 is 20.1 Å². The summed E-state index contributed by atoms with van der Waals surface area (Å²) < 4.78 is 0. The number of carbonyl (C=O) groups is 1. The standard InChI is InChI=1S/C65H125NO4/c1-3-5-7-9-11-13-15-17-19-21-23-24-25-26-27-28-29-30-31-32-33-34-35-36-37-38-39-40-41-42-44-46-48-50-52-54-56-58-60-64(69)65(70)66-62(61-67)63(68)59-57-55-53-51-49-47-45-43-22-20-18-16-14-12-10-8-6-4-2/h22,43,49,51,57,59,62-64,67-69H,3-21,23-42,44-48,50,52-56,58,60-61H2,1-2H3,(H,66,70)/b43-22+,51-49+,59-57+. The number of aliphatic hydroxyl groups is 3. The highest BCUT2D eigenvalue weighted by Crippen LogP contribution is 2.18. The van der Waals surface area contributed by atoms with Crippen LogP contribution in [-0.4, -0.2) is 46.1 Å². The van der Waals surface area contributed by atoms with E-state index in [0.717, 1.165) is 44.9 Å². The molecule has 0 aliphatic rings. The predicted molar refractivity (Wildman–Crippen MR) is 310 cm³/mol. The number of unbranched alkanes of at least 4 members (excludes halogenated alkanes) is 47. The van der Waals surface area contributed by atoms with Gasteiger partial charge in [0.15, 0.2) is 0 Å². The van der Waals surface area contributed by atoms with Crippen LogP contribution in [0.1, 0.15) is 348 Å².